The highest BCUT2D eigenvalue weighted by Crippen LogP contribution is 2.22. The standard InChI is InChI=1S/C9H8F3N3O2S/c1-15(6-9(10,11)12)18(16,17)8-3-2-4-14-7(8)5-13/h2-4H,6H2,1H3. The molecule has 0 aliphatic carbocycles. The number of rotatable bonds is 3. The second kappa shape index (κ2) is 4.91. The number of halogens is 3. The highest BCUT2D eigenvalue weighted by atomic mass is 32.2. The summed E-state index contributed by atoms with van der Waals surface area (Å²) in [7, 11) is -3.60. The van der Waals surface area contributed by atoms with E-state index in [-0.39, 0.29) is 4.31 Å². The molecule has 0 saturated heterocycles. The summed E-state index contributed by atoms with van der Waals surface area (Å²) in [5.74, 6) is 0. The lowest BCUT2D eigenvalue weighted by molar-refractivity contribution is -0.134. The Bertz CT molecular complexity index is 577. The van der Waals surface area contributed by atoms with Crippen LogP contribution in [0.25, 0.3) is 0 Å². The summed E-state index contributed by atoms with van der Waals surface area (Å²) in [6.07, 6.45) is -3.47. The molecule has 18 heavy (non-hydrogen) atoms. The zero-order valence-electron chi connectivity index (χ0n) is 9.14. The van der Waals surface area contributed by atoms with E-state index < -0.39 is 33.3 Å². The maximum atomic E-state index is 12.1. The SMILES string of the molecule is CN(CC(F)(F)F)S(=O)(=O)c1cccnc1C#N. The third-order valence-electron chi connectivity index (χ3n) is 1.97. The first-order chi connectivity index (χ1) is 8.18. The van der Waals surface area contributed by atoms with Gasteiger partial charge in [-0.3, -0.25) is 0 Å². The number of aromatic nitrogens is 1. The molecule has 0 amide bonds. The smallest absolute Gasteiger partial charge is 0.244 e. The van der Waals surface area contributed by atoms with Gasteiger partial charge in [-0.2, -0.15) is 22.7 Å². The van der Waals surface area contributed by atoms with E-state index in [0.29, 0.717) is 0 Å². The van der Waals surface area contributed by atoms with E-state index in [1.54, 1.807) is 0 Å². The fourth-order valence-electron chi connectivity index (χ4n) is 1.19. The van der Waals surface area contributed by atoms with E-state index >= 15 is 0 Å². The molecule has 0 bridgehead atoms. The number of hydrogen-bond donors (Lipinski definition) is 0. The summed E-state index contributed by atoms with van der Waals surface area (Å²) < 4.78 is 60.2. The topological polar surface area (TPSA) is 74.1 Å². The minimum absolute atomic E-state index is 0.130. The minimum atomic E-state index is -4.66. The number of nitriles is 1. The summed E-state index contributed by atoms with van der Waals surface area (Å²) in [6.45, 7) is -1.63. The lowest BCUT2D eigenvalue weighted by Gasteiger charge is -2.18. The largest absolute Gasteiger partial charge is 0.402 e. The van der Waals surface area contributed by atoms with Gasteiger partial charge in [0.15, 0.2) is 5.69 Å². The Morgan fingerprint density at radius 2 is 2.11 bits per heavy atom. The molecular formula is C9H8F3N3O2S. The van der Waals surface area contributed by atoms with Crippen molar-refractivity contribution in [3.8, 4) is 6.07 Å². The second-order valence-corrected chi connectivity index (χ2v) is 5.35. The first-order valence-corrected chi connectivity index (χ1v) is 6.00. The maximum absolute atomic E-state index is 12.1. The van der Waals surface area contributed by atoms with Gasteiger partial charge in [-0.25, -0.2) is 13.4 Å². The molecule has 1 rings (SSSR count). The van der Waals surface area contributed by atoms with E-state index in [1.807, 2.05) is 0 Å². The molecule has 0 unspecified atom stereocenters. The summed E-state index contributed by atoms with van der Waals surface area (Å²) >= 11 is 0. The van der Waals surface area contributed by atoms with Gasteiger partial charge in [0.2, 0.25) is 10.0 Å². The normalized spacial score (nSPS) is 12.4. The molecule has 0 fully saturated rings. The second-order valence-electron chi connectivity index (χ2n) is 3.34. The molecule has 0 aliphatic heterocycles. The van der Waals surface area contributed by atoms with Gasteiger partial charge >= 0.3 is 6.18 Å². The Labute approximate surface area is 102 Å². The van der Waals surface area contributed by atoms with E-state index in [2.05, 4.69) is 4.98 Å². The van der Waals surface area contributed by atoms with Crippen molar-refractivity contribution < 1.29 is 21.6 Å². The zero-order chi connectivity index (χ0) is 14.0. The summed E-state index contributed by atoms with van der Waals surface area (Å²) in [5.41, 5.74) is -0.438. The molecule has 0 aliphatic rings. The van der Waals surface area contributed by atoms with Crippen molar-refractivity contribution in [1.29, 1.82) is 5.26 Å². The van der Waals surface area contributed by atoms with E-state index in [0.717, 1.165) is 13.1 Å². The van der Waals surface area contributed by atoms with Crippen LogP contribution in [0.15, 0.2) is 23.2 Å². The van der Waals surface area contributed by atoms with E-state index in [1.165, 1.54) is 18.3 Å². The number of alkyl halides is 3. The molecule has 98 valence electrons. The van der Waals surface area contributed by atoms with Crippen molar-refractivity contribution in [1.82, 2.24) is 9.29 Å². The van der Waals surface area contributed by atoms with Crippen LogP contribution in [0, 0.1) is 11.3 Å². The van der Waals surface area contributed by atoms with Crippen LogP contribution in [-0.4, -0.2) is 37.5 Å². The molecule has 9 heteroatoms. The minimum Gasteiger partial charge on any atom is -0.244 e. The Balaban J connectivity index is 3.19. The number of nitrogens with zero attached hydrogens (tertiary/aromatic N) is 3. The van der Waals surface area contributed by atoms with Crippen LogP contribution in [0.2, 0.25) is 0 Å². The molecular weight excluding hydrogens is 271 g/mol. The van der Waals surface area contributed by atoms with Gasteiger partial charge in [-0.1, -0.05) is 0 Å². The Kier molecular flexibility index (Phi) is 3.93. The first kappa shape index (κ1) is 14.4. The summed E-state index contributed by atoms with van der Waals surface area (Å²) in [5, 5.41) is 8.68. The van der Waals surface area contributed by atoms with Crippen LogP contribution < -0.4 is 0 Å². The molecule has 5 nitrogen and oxygen atoms in total. The van der Waals surface area contributed by atoms with Gasteiger partial charge in [0.25, 0.3) is 0 Å². The van der Waals surface area contributed by atoms with E-state index in [4.69, 9.17) is 5.26 Å². The Morgan fingerprint density at radius 3 is 2.61 bits per heavy atom. The average molecular weight is 279 g/mol. The average Bonchev–Trinajstić information content (AvgIpc) is 2.26. The fraction of sp³-hybridized carbons (Fsp3) is 0.333. The summed E-state index contributed by atoms with van der Waals surface area (Å²) in [4.78, 5) is 2.95. The third-order valence-corrected chi connectivity index (χ3v) is 3.80. The molecule has 0 spiro atoms. The van der Waals surface area contributed by atoms with Gasteiger partial charge in [0, 0.05) is 13.2 Å². The van der Waals surface area contributed by atoms with Crippen LogP contribution in [0.4, 0.5) is 13.2 Å². The van der Waals surface area contributed by atoms with Crippen molar-refractivity contribution >= 4 is 10.0 Å². The molecule has 0 saturated carbocycles. The van der Waals surface area contributed by atoms with Gasteiger partial charge in [-0.05, 0) is 12.1 Å². The highest BCUT2D eigenvalue weighted by molar-refractivity contribution is 7.89. The van der Waals surface area contributed by atoms with Crippen molar-refractivity contribution in [2.75, 3.05) is 13.6 Å². The number of sulfonamides is 1. The van der Waals surface area contributed by atoms with Gasteiger partial charge in [0.1, 0.15) is 17.5 Å². The lowest BCUT2D eigenvalue weighted by atomic mass is 10.4. The third kappa shape index (κ3) is 3.18. The molecule has 0 N–H and O–H groups in total. The van der Waals surface area contributed by atoms with Crippen LogP contribution in [-0.2, 0) is 10.0 Å². The maximum Gasteiger partial charge on any atom is 0.402 e. The monoisotopic (exact) mass is 279 g/mol. The van der Waals surface area contributed by atoms with Crippen molar-refractivity contribution in [3.63, 3.8) is 0 Å². The molecule has 0 radical (unpaired) electrons. The van der Waals surface area contributed by atoms with Crippen molar-refractivity contribution in [2.45, 2.75) is 11.1 Å². The number of hydrogen-bond acceptors (Lipinski definition) is 4. The first-order valence-electron chi connectivity index (χ1n) is 4.56. The molecule has 0 atom stereocenters. The lowest BCUT2D eigenvalue weighted by Crippen LogP contribution is -2.36. The zero-order valence-corrected chi connectivity index (χ0v) is 9.96. The van der Waals surface area contributed by atoms with Gasteiger partial charge in [-0.15, -0.1) is 0 Å². The molecule has 1 aromatic rings. The highest BCUT2D eigenvalue weighted by Gasteiger charge is 2.35. The van der Waals surface area contributed by atoms with Crippen LogP contribution in [0.5, 0.6) is 0 Å². The predicted molar refractivity (Wildman–Crippen MR) is 54.8 cm³/mol. The van der Waals surface area contributed by atoms with E-state index in [9.17, 15) is 21.6 Å². The fourth-order valence-corrected chi connectivity index (χ4v) is 2.43. The quantitative estimate of drug-likeness (QED) is 0.831. The van der Waals surface area contributed by atoms with Crippen LogP contribution in [0.1, 0.15) is 5.69 Å². The Morgan fingerprint density at radius 1 is 1.50 bits per heavy atom. The van der Waals surface area contributed by atoms with Crippen LogP contribution >= 0.6 is 0 Å². The van der Waals surface area contributed by atoms with Crippen molar-refractivity contribution in [3.05, 3.63) is 24.0 Å². The molecule has 1 heterocycles. The predicted octanol–water partition coefficient (Wildman–Crippen LogP) is 1.14. The molecule has 0 aromatic carbocycles. The van der Waals surface area contributed by atoms with Gasteiger partial charge < -0.3 is 0 Å². The van der Waals surface area contributed by atoms with Gasteiger partial charge in [0.05, 0.1) is 0 Å². The van der Waals surface area contributed by atoms with Crippen molar-refractivity contribution in [2.24, 2.45) is 0 Å². The summed E-state index contributed by atoms with van der Waals surface area (Å²) in [6, 6.07) is 3.79. The molecule has 1 aromatic heterocycles. The Hall–Kier alpha value is -1.66. The number of pyridine rings is 1. The van der Waals surface area contributed by atoms with Crippen LogP contribution in [0.3, 0.4) is 0 Å².